The number of methoxy groups -OCH3 is 1. The summed E-state index contributed by atoms with van der Waals surface area (Å²) in [6.07, 6.45) is 6.15. The molecule has 0 bridgehead atoms. The van der Waals surface area contributed by atoms with Crippen LogP contribution in [-0.2, 0) is 23.9 Å². The lowest BCUT2D eigenvalue weighted by Gasteiger charge is -2.38. The fourth-order valence-corrected chi connectivity index (χ4v) is 5.55. The minimum atomic E-state index is -0.973. The van der Waals surface area contributed by atoms with Gasteiger partial charge in [0.05, 0.1) is 12.7 Å². The standard InChI is InChI=1S/C27H32FNO5/c1-15-13-20-24(25(30)21(15)26(31)33-3)23(17-9-8-10-18(28)14-17)22(16(2)29-20)27(32)34-19-11-6-4-5-7-12-19/h8-10,14-15,19,21,23,29H,4-7,11-13H2,1-3H3/t15-,21-,23+/m1/s1. The summed E-state index contributed by atoms with van der Waals surface area (Å²) in [4.78, 5) is 39.7. The molecule has 1 heterocycles. The van der Waals surface area contributed by atoms with Gasteiger partial charge in [0.25, 0.3) is 0 Å². The predicted molar refractivity (Wildman–Crippen MR) is 124 cm³/mol. The van der Waals surface area contributed by atoms with Crippen molar-refractivity contribution in [3.8, 4) is 0 Å². The van der Waals surface area contributed by atoms with Gasteiger partial charge in [0, 0.05) is 22.9 Å². The third-order valence-corrected chi connectivity index (χ3v) is 7.22. The highest BCUT2D eigenvalue weighted by atomic mass is 19.1. The number of halogens is 1. The Morgan fingerprint density at radius 1 is 1.12 bits per heavy atom. The summed E-state index contributed by atoms with van der Waals surface area (Å²) >= 11 is 0. The molecule has 0 radical (unpaired) electrons. The molecule has 1 saturated carbocycles. The van der Waals surface area contributed by atoms with Gasteiger partial charge in [-0.25, -0.2) is 9.18 Å². The number of hydrogen-bond acceptors (Lipinski definition) is 6. The topological polar surface area (TPSA) is 81.7 Å². The summed E-state index contributed by atoms with van der Waals surface area (Å²) in [5, 5.41) is 3.24. The van der Waals surface area contributed by atoms with Crippen LogP contribution in [0, 0.1) is 17.7 Å². The van der Waals surface area contributed by atoms with E-state index in [1.807, 2.05) is 6.92 Å². The number of ketones is 1. The maximum absolute atomic E-state index is 14.3. The van der Waals surface area contributed by atoms with Gasteiger partial charge in [-0.3, -0.25) is 9.59 Å². The van der Waals surface area contributed by atoms with Crippen molar-refractivity contribution in [1.82, 2.24) is 5.32 Å². The molecule has 0 amide bonds. The highest BCUT2D eigenvalue weighted by molar-refractivity contribution is 6.12. The summed E-state index contributed by atoms with van der Waals surface area (Å²) in [6, 6.07) is 5.92. The van der Waals surface area contributed by atoms with Gasteiger partial charge in [-0.2, -0.15) is 0 Å². The van der Waals surface area contributed by atoms with Crippen LogP contribution in [0.4, 0.5) is 4.39 Å². The zero-order chi connectivity index (χ0) is 24.4. The van der Waals surface area contributed by atoms with Crippen molar-refractivity contribution < 1.29 is 28.2 Å². The van der Waals surface area contributed by atoms with Crippen molar-refractivity contribution in [2.75, 3.05) is 7.11 Å². The zero-order valence-electron chi connectivity index (χ0n) is 20.0. The van der Waals surface area contributed by atoms with Crippen molar-refractivity contribution in [2.45, 2.75) is 70.8 Å². The number of ether oxygens (including phenoxy) is 2. The first kappa shape index (κ1) is 24.2. The fraction of sp³-hybridized carbons (Fsp3) is 0.519. The van der Waals surface area contributed by atoms with Crippen LogP contribution in [-0.4, -0.2) is 30.9 Å². The number of benzene rings is 1. The first-order chi connectivity index (χ1) is 16.3. The molecule has 1 aromatic carbocycles. The predicted octanol–water partition coefficient (Wildman–Crippen LogP) is 4.70. The van der Waals surface area contributed by atoms with E-state index >= 15 is 0 Å². The van der Waals surface area contributed by atoms with Gasteiger partial charge in [-0.05, 0) is 62.6 Å². The maximum atomic E-state index is 14.3. The molecule has 34 heavy (non-hydrogen) atoms. The van der Waals surface area contributed by atoms with E-state index in [1.165, 1.54) is 19.2 Å². The monoisotopic (exact) mass is 469 g/mol. The molecule has 3 aliphatic rings. The molecule has 3 atom stereocenters. The summed E-state index contributed by atoms with van der Waals surface area (Å²) < 4.78 is 25.1. The lowest BCUT2D eigenvalue weighted by Crippen LogP contribution is -2.43. The number of esters is 2. The molecule has 7 heteroatoms. The molecule has 0 spiro atoms. The Kier molecular flexibility index (Phi) is 7.19. The lowest BCUT2D eigenvalue weighted by molar-refractivity contribution is -0.151. The SMILES string of the molecule is COC(=O)[C@H]1C(=O)C2=C(C[C@H]1C)NC(C)=C(C(=O)OC1CCCCCC1)[C@@H]2c1cccc(F)c1. The van der Waals surface area contributed by atoms with E-state index in [0.29, 0.717) is 34.5 Å². The van der Waals surface area contributed by atoms with Crippen molar-refractivity contribution in [1.29, 1.82) is 0 Å². The Labute approximate surface area is 199 Å². The molecule has 6 nitrogen and oxygen atoms in total. The van der Waals surface area contributed by atoms with Crippen molar-refractivity contribution in [2.24, 2.45) is 11.8 Å². The minimum absolute atomic E-state index is 0.177. The number of nitrogens with one attached hydrogen (secondary N) is 1. The minimum Gasteiger partial charge on any atom is -0.468 e. The van der Waals surface area contributed by atoms with Crippen LogP contribution in [0.3, 0.4) is 0 Å². The second-order valence-electron chi connectivity index (χ2n) is 9.61. The zero-order valence-corrected chi connectivity index (χ0v) is 20.0. The summed E-state index contributed by atoms with van der Waals surface area (Å²) in [7, 11) is 1.26. The third kappa shape index (κ3) is 4.65. The molecule has 1 aliphatic heterocycles. The third-order valence-electron chi connectivity index (χ3n) is 7.22. The van der Waals surface area contributed by atoms with Crippen LogP contribution in [0.2, 0.25) is 0 Å². The second-order valence-corrected chi connectivity index (χ2v) is 9.61. The number of carbonyl (C=O) groups is 3. The molecule has 4 rings (SSSR count). The van der Waals surface area contributed by atoms with Gasteiger partial charge in [-0.1, -0.05) is 31.9 Å². The molecule has 0 aromatic heterocycles. The number of carbonyl (C=O) groups excluding carboxylic acids is 3. The average Bonchev–Trinajstić information content (AvgIpc) is 3.06. The summed E-state index contributed by atoms with van der Waals surface area (Å²) in [5.74, 6) is -4.03. The second kappa shape index (κ2) is 10.1. The molecule has 1 N–H and O–H groups in total. The van der Waals surface area contributed by atoms with Gasteiger partial charge in [-0.15, -0.1) is 0 Å². The fourth-order valence-electron chi connectivity index (χ4n) is 5.55. The van der Waals surface area contributed by atoms with Crippen molar-refractivity contribution in [3.05, 3.63) is 58.2 Å². The Morgan fingerprint density at radius 2 is 1.82 bits per heavy atom. The molecule has 1 aromatic rings. The van der Waals surface area contributed by atoms with Crippen molar-refractivity contribution in [3.63, 3.8) is 0 Å². The molecular formula is C27H32FNO5. The first-order valence-electron chi connectivity index (χ1n) is 12.1. The van der Waals surface area contributed by atoms with E-state index in [9.17, 15) is 18.8 Å². The van der Waals surface area contributed by atoms with Crippen LogP contribution in [0.25, 0.3) is 0 Å². The maximum Gasteiger partial charge on any atom is 0.337 e. The van der Waals surface area contributed by atoms with E-state index in [0.717, 1.165) is 38.5 Å². The molecule has 0 unspecified atom stereocenters. The van der Waals surface area contributed by atoms with Gasteiger partial charge < -0.3 is 14.8 Å². The smallest absolute Gasteiger partial charge is 0.337 e. The van der Waals surface area contributed by atoms with Gasteiger partial charge in [0.1, 0.15) is 17.8 Å². The molecule has 0 saturated heterocycles. The van der Waals surface area contributed by atoms with E-state index in [-0.39, 0.29) is 12.0 Å². The first-order valence-corrected chi connectivity index (χ1v) is 12.1. The van der Waals surface area contributed by atoms with Crippen LogP contribution in [0.15, 0.2) is 46.8 Å². The molecular weight excluding hydrogens is 437 g/mol. The Hall–Kier alpha value is -2.96. The van der Waals surface area contributed by atoms with Crippen LogP contribution < -0.4 is 5.32 Å². The Bertz CT molecular complexity index is 1050. The Balaban J connectivity index is 1.77. The van der Waals surface area contributed by atoms with Gasteiger partial charge in [0.2, 0.25) is 0 Å². The van der Waals surface area contributed by atoms with Gasteiger partial charge >= 0.3 is 11.9 Å². The summed E-state index contributed by atoms with van der Waals surface area (Å²) in [5.41, 5.74) is 2.34. The number of dihydropyridines is 1. The molecule has 182 valence electrons. The van der Waals surface area contributed by atoms with Crippen molar-refractivity contribution >= 4 is 17.7 Å². The quantitative estimate of drug-likeness (QED) is 0.391. The van der Waals surface area contributed by atoms with E-state index in [2.05, 4.69) is 5.32 Å². The van der Waals surface area contributed by atoms with E-state index < -0.39 is 35.4 Å². The van der Waals surface area contributed by atoms with E-state index in [4.69, 9.17) is 9.47 Å². The summed E-state index contributed by atoms with van der Waals surface area (Å²) in [6.45, 7) is 3.61. The normalized spacial score (nSPS) is 25.9. The van der Waals surface area contributed by atoms with E-state index in [1.54, 1.807) is 19.1 Å². The van der Waals surface area contributed by atoms with Gasteiger partial charge in [0.15, 0.2) is 5.78 Å². The lowest BCUT2D eigenvalue weighted by atomic mass is 9.69. The highest BCUT2D eigenvalue weighted by Crippen LogP contribution is 2.45. The van der Waals surface area contributed by atoms with Crippen LogP contribution >= 0.6 is 0 Å². The molecule has 1 fully saturated rings. The largest absolute Gasteiger partial charge is 0.468 e. The Morgan fingerprint density at radius 3 is 2.47 bits per heavy atom. The number of Topliss-reactive ketones (excluding diaryl/α,β-unsaturated/α-hetero) is 1. The highest BCUT2D eigenvalue weighted by Gasteiger charge is 2.47. The number of allylic oxidation sites excluding steroid dienone is 3. The number of rotatable bonds is 4. The average molecular weight is 470 g/mol. The van der Waals surface area contributed by atoms with Crippen LogP contribution in [0.1, 0.15) is 70.3 Å². The molecule has 2 aliphatic carbocycles. The van der Waals surface area contributed by atoms with Crippen LogP contribution in [0.5, 0.6) is 0 Å². The number of hydrogen-bond donors (Lipinski definition) is 1.